The highest BCUT2D eigenvalue weighted by Gasteiger charge is 2.35. The number of hydrogen-bond donors (Lipinski definition) is 1. The van der Waals surface area contributed by atoms with E-state index in [2.05, 4.69) is 40.5 Å². The first kappa shape index (κ1) is 10.3. The van der Waals surface area contributed by atoms with Gasteiger partial charge in [0.05, 0.1) is 12.7 Å². The van der Waals surface area contributed by atoms with Gasteiger partial charge in [-0.25, -0.2) is 0 Å². The fourth-order valence-corrected chi connectivity index (χ4v) is 2.68. The molecule has 2 aliphatic heterocycles. The maximum Gasteiger partial charge on any atom is 0.0867 e. The topological polar surface area (TPSA) is 24.5 Å². The Morgan fingerprint density at radius 3 is 3.00 bits per heavy atom. The van der Waals surface area contributed by atoms with Crippen LogP contribution in [0, 0.1) is 0 Å². The van der Waals surface area contributed by atoms with Crippen LogP contribution in [-0.4, -0.2) is 43.3 Å². The van der Waals surface area contributed by atoms with Crippen molar-refractivity contribution in [1.82, 2.24) is 10.2 Å². The van der Waals surface area contributed by atoms with Crippen LogP contribution in [0.5, 0.6) is 0 Å². The van der Waals surface area contributed by atoms with Crippen molar-refractivity contribution >= 4 is 0 Å². The lowest BCUT2D eigenvalue weighted by atomic mass is 10.1. The number of nitrogens with one attached hydrogen (secondary N) is 1. The van der Waals surface area contributed by atoms with Gasteiger partial charge >= 0.3 is 0 Å². The molecule has 0 radical (unpaired) electrons. The molecule has 1 aromatic rings. The Hall–Kier alpha value is -0.900. The first-order valence-electron chi connectivity index (χ1n) is 6.04. The highest BCUT2D eigenvalue weighted by molar-refractivity contribution is 5.15. The minimum Gasteiger partial charge on any atom is -0.374 e. The molecule has 2 atom stereocenters. The molecule has 2 unspecified atom stereocenters. The van der Waals surface area contributed by atoms with Crippen LogP contribution in [-0.2, 0) is 11.3 Å². The molecule has 16 heavy (non-hydrogen) atoms. The van der Waals surface area contributed by atoms with E-state index in [0.717, 1.165) is 32.8 Å². The number of ether oxygens (including phenoxy) is 1. The van der Waals surface area contributed by atoms with Crippen LogP contribution in [0.1, 0.15) is 5.56 Å². The molecule has 2 fully saturated rings. The molecule has 3 heteroatoms. The minimum atomic E-state index is 0.400. The van der Waals surface area contributed by atoms with E-state index in [-0.39, 0.29) is 0 Å². The van der Waals surface area contributed by atoms with E-state index in [9.17, 15) is 0 Å². The molecule has 86 valence electrons. The van der Waals surface area contributed by atoms with E-state index < -0.39 is 0 Å². The lowest BCUT2D eigenvalue weighted by Crippen LogP contribution is -2.50. The number of benzene rings is 1. The summed E-state index contributed by atoms with van der Waals surface area (Å²) in [5.74, 6) is 0. The molecule has 0 spiro atoms. The molecule has 0 amide bonds. The monoisotopic (exact) mass is 218 g/mol. The smallest absolute Gasteiger partial charge is 0.0867 e. The van der Waals surface area contributed by atoms with Gasteiger partial charge < -0.3 is 10.1 Å². The van der Waals surface area contributed by atoms with Gasteiger partial charge in [-0.05, 0) is 5.56 Å². The van der Waals surface area contributed by atoms with Gasteiger partial charge in [0.25, 0.3) is 0 Å². The van der Waals surface area contributed by atoms with Gasteiger partial charge in [0.1, 0.15) is 0 Å². The predicted octanol–water partition coefficient (Wildman–Crippen LogP) is 0.859. The molecular weight excluding hydrogens is 200 g/mol. The van der Waals surface area contributed by atoms with Crippen molar-refractivity contribution in [2.75, 3.05) is 26.2 Å². The maximum absolute atomic E-state index is 5.77. The van der Waals surface area contributed by atoms with E-state index in [1.807, 2.05) is 0 Å². The van der Waals surface area contributed by atoms with Crippen molar-refractivity contribution < 1.29 is 4.74 Å². The third-order valence-corrected chi connectivity index (χ3v) is 3.54. The number of nitrogens with zero attached hydrogens (tertiary/aromatic N) is 1. The summed E-state index contributed by atoms with van der Waals surface area (Å²) in [6, 6.07) is 11.3. The van der Waals surface area contributed by atoms with Crippen molar-refractivity contribution in [3.8, 4) is 0 Å². The number of morpholine rings is 1. The van der Waals surface area contributed by atoms with Crippen molar-refractivity contribution in [2.45, 2.75) is 18.7 Å². The fraction of sp³-hybridized carbons (Fsp3) is 0.538. The predicted molar refractivity (Wildman–Crippen MR) is 63.2 cm³/mol. The molecule has 1 N–H and O–H groups in total. The average Bonchev–Trinajstić information content (AvgIpc) is 2.80. The van der Waals surface area contributed by atoms with Crippen molar-refractivity contribution in [3.63, 3.8) is 0 Å². The highest BCUT2D eigenvalue weighted by Crippen LogP contribution is 2.19. The molecule has 0 saturated carbocycles. The van der Waals surface area contributed by atoms with Crippen molar-refractivity contribution in [2.24, 2.45) is 0 Å². The zero-order chi connectivity index (χ0) is 10.8. The van der Waals surface area contributed by atoms with E-state index in [4.69, 9.17) is 4.74 Å². The Morgan fingerprint density at radius 2 is 2.12 bits per heavy atom. The van der Waals surface area contributed by atoms with E-state index in [0.29, 0.717) is 12.1 Å². The molecule has 2 saturated heterocycles. The van der Waals surface area contributed by atoms with Gasteiger partial charge in [0, 0.05) is 32.2 Å². The first-order chi connectivity index (χ1) is 7.93. The summed E-state index contributed by atoms with van der Waals surface area (Å²) in [6.07, 6.45) is 0.400. The second kappa shape index (κ2) is 4.53. The normalized spacial score (nSPS) is 30.2. The molecule has 3 rings (SSSR count). The fourth-order valence-electron chi connectivity index (χ4n) is 2.68. The van der Waals surface area contributed by atoms with Gasteiger partial charge in [-0.2, -0.15) is 0 Å². The number of fused-ring (bicyclic) bond motifs is 1. The molecule has 3 nitrogen and oxygen atoms in total. The van der Waals surface area contributed by atoms with Gasteiger partial charge in [0.2, 0.25) is 0 Å². The molecule has 0 bridgehead atoms. The molecule has 2 heterocycles. The maximum atomic E-state index is 5.77. The zero-order valence-electron chi connectivity index (χ0n) is 9.43. The first-order valence-corrected chi connectivity index (χ1v) is 6.04. The lowest BCUT2D eigenvalue weighted by molar-refractivity contribution is -0.0500. The van der Waals surface area contributed by atoms with Gasteiger partial charge in [-0.3, -0.25) is 4.90 Å². The lowest BCUT2D eigenvalue weighted by Gasteiger charge is -2.36. The van der Waals surface area contributed by atoms with Gasteiger partial charge in [-0.1, -0.05) is 30.3 Å². The van der Waals surface area contributed by atoms with E-state index in [1.165, 1.54) is 5.56 Å². The molecule has 2 aliphatic rings. The van der Waals surface area contributed by atoms with Crippen molar-refractivity contribution in [3.05, 3.63) is 35.9 Å². The van der Waals surface area contributed by atoms with Crippen molar-refractivity contribution in [1.29, 1.82) is 0 Å². The van der Waals surface area contributed by atoms with Crippen LogP contribution < -0.4 is 5.32 Å². The largest absolute Gasteiger partial charge is 0.374 e. The van der Waals surface area contributed by atoms with Crippen LogP contribution >= 0.6 is 0 Å². The Balaban J connectivity index is 1.70. The van der Waals surface area contributed by atoms with Crippen LogP contribution in [0.25, 0.3) is 0 Å². The second-order valence-corrected chi connectivity index (χ2v) is 4.59. The summed E-state index contributed by atoms with van der Waals surface area (Å²) < 4.78 is 5.77. The summed E-state index contributed by atoms with van der Waals surface area (Å²) in [5.41, 5.74) is 1.40. The third-order valence-electron chi connectivity index (χ3n) is 3.54. The quantitative estimate of drug-likeness (QED) is 0.797. The van der Waals surface area contributed by atoms with E-state index >= 15 is 0 Å². The Kier molecular flexibility index (Phi) is 2.91. The summed E-state index contributed by atoms with van der Waals surface area (Å²) >= 11 is 0. The van der Waals surface area contributed by atoms with Crippen LogP contribution in [0.3, 0.4) is 0 Å². The van der Waals surface area contributed by atoms with Crippen LogP contribution in [0.15, 0.2) is 30.3 Å². The summed E-state index contributed by atoms with van der Waals surface area (Å²) in [5, 5.41) is 3.41. The second-order valence-electron chi connectivity index (χ2n) is 4.59. The summed E-state index contributed by atoms with van der Waals surface area (Å²) in [4.78, 5) is 2.55. The highest BCUT2D eigenvalue weighted by atomic mass is 16.5. The number of hydrogen-bond acceptors (Lipinski definition) is 3. The standard InChI is InChI=1S/C13H18N2O/c1-2-4-11(5-3-1)10-15-6-7-16-13-9-14-8-12(13)15/h1-5,12-14H,6-10H2. The molecule has 0 aliphatic carbocycles. The number of rotatable bonds is 2. The Labute approximate surface area is 96.4 Å². The average molecular weight is 218 g/mol. The summed E-state index contributed by atoms with van der Waals surface area (Å²) in [6.45, 7) is 5.05. The summed E-state index contributed by atoms with van der Waals surface area (Å²) in [7, 11) is 0. The van der Waals surface area contributed by atoms with Crippen LogP contribution in [0.4, 0.5) is 0 Å². The van der Waals surface area contributed by atoms with Gasteiger partial charge in [-0.15, -0.1) is 0 Å². The Morgan fingerprint density at radius 1 is 1.25 bits per heavy atom. The van der Waals surface area contributed by atoms with Gasteiger partial charge in [0.15, 0.2) is 0 Å². The zero-order valence-corrected chi connectivity index (χ0v) is 9.43. The third kappa shape index (κ3) is 1.98. The Bertz CT molecular complexity index is 341. The minimum absolute atomic E-state index is 0.400. The van der Waals surface area contributed by atoms with E-state index in [1.54, 1.807) is 0 Å². The SMILES string of the molecule is c1ccc(CN2CCOC3CNCC32)cc1. The molecule has 1 aromatic carbocycles. The van der Waals surface area contributed by atoms with Crippen LogP contribution in [0.2, 0.25) is 0 Å². The molecular formula is C13H18N2O. The molecule has 0 aromatic heterocycles.